The molecule has 1 aromatic rings. The molecule has 1 fully saturated rings. The predicted molar refractivity (Wildman–Crippen MR) is 66.7 cm³/mol. The minimum atomic E-state index is -0.0201. The van der Waals surface area contributed by atoms with Gasteiger partial charge < -0.3 is 20.6 Å². The van der Waals surface area contributed by atoms with Gasteiger partial charge in [0.05, 0.1) is 6.61 Å². The molecule has 7 nitrogen and oxygen atoms in total. The number of nitrogens with zero attached hydrogens (tertiary/aromatic N) is 4. The van der Waals surface area contributed by atoms with Gasteiger partial charge in [0.25, 0.3) is 0 Å². The van der Waals surface area contributed by atoms with Gasteiger partial charge in [0, 0.05) is 38.5 Å². The molecule has 0 amide bonds. The summed E-state index contributed by atoms with van der Waals surface area (Å²) in [5.74, 6) is 1.12. The van der Waals surface area contributed by atoms with E-state index in [-0.39, 0.29) is 5.84 Å². The fraction of sp³-hybridized carbons (Fsp3) is 0.545. The van der Waals surface area contributed by atoms with Crippen molar-refractivity contribution in [2.45, 2.75) is 6.42 Å². The lowest BCUT2D eigenvalue weighted by Gasteiger charge is -2.19. The summed E-state index contributed by atoms with van der Waals surface area (Å²) in [7, 11) is 1.70. The molecule has 0 aromatic carbocycles. The van der Waals surface area contributed by atoms with Gasteiger partial charge >= 0.3 is 0 Å². The summed E-state index contributed by atoms with van der Waals surface area (Å²) in [6.07, 6.45) is 4.17. The molecule has 18 heavy (non-hydrogen) atoms. The highest BCUT2D eigenvalue weighted by Gasteiger charge is 2.26. The molecule has 0 spiro atoms. The molecule has 1 atom stereocenters. The van der Waals surface area contributed by atoms with Crippen LogP contribution in [0.2, 0.25) is 0 Å². The highest BCUT2D eigenvalue weighted by molar-refractivity contribution is 5.99. The van der Waals surface area contributed by atoms with E-state index in [0.717, 1.165) is 26.1 Å². The molecule has 2 rings (SSSR count). The lowest BCUT2D eigenvalue weighted by molar-refractivity contribution is 0.161. The Hall–Kier alpha value is -1.89. The molecule has 2 heterocycles. The number of methoxy groups -OCH3 is 1. The van der Waals surface area contributed by atoms with Crippen LogP contribution in [0.4, 0.5) is 5.82 Å². The number of ether oxygens (including phenoxy) is 1. The fourth-order valence-corrected chi connectivity index (χ4v) is 2.19. The van der Waals surface area contributed by atoms with Gasteiger partial charge in [0.15, 0.2) is 17.3 Å². The number of hydrogen-bond acceptors (Lipinski definition) is 6. The number of rotatable bonds is 4. The first kappa shape index (κ1) is 12.6. The van der Waals surface area contributed by atoms with Crippen molar-refractivity contribution in [3.63, 3.8) is 0 Å². The topological polar surface area (TPSA) is 96.9 Å². The van der Waals surface area contributed by atoms with Crippen molar-refractivity contribution in [1.29, 1.82) is 0 Å². The second-order valence-electron chi connectivity index (χ2n) is 4.27. The number of aromatic nitrogens is 2. The van der Waals surface area contributed by atoms with E-state index in [4.69, 9.17) is 15.7 Å². The van der Waals surface area contributed by atoms with Gasteiger partial charge in [-0.05, 0) is 6.42 Å². The highest BCUT2D eigenvalue weighted by Crippen LogP contribution is 2.24. The summed E-state index contributed by atoms with van der Waals surface area (Å²) >= 11 is 0. The molecule has 1 aliphatic rings. The molecule has 1 aliphatic heterocycles. The van der Waals surface area contributed by atoms with E-state index >= 15 is 0 Å². The van der Waals surface area contributed by atoms with Gasteiger partial charge in [0.2, 0.25) is 0 Å². The van der Waals surface area contributed by atoms with Crippen molar-refractivity contribution in [3.05, 3.63) is 18.1 Å². The van der Waals surface area contributed by atoms with E-state index in [9.17, 15) is 0 Å². The minimum Gasteiger partial charge on any atom is -0.409 e. The second-order valence-corrected chi connectivity index (χ2v) is 4.27. The fourth-order valence-electron chi connectivity index (χ4n) is 2.19. The first-order chi connectivity index (χ1) is 8.76. The highest BCUT2D eigenvalue weighted by atomic mass is 16.5. The van der Waals surface area contributed by atoms with E-state index in [2.05, 4.69) is 20.0 Å². The molecule has 98 valence electrons. The first-order valence-electron chi connectivity index (χ1n) is 5.79. The molecule has 0 aliphatic carbocycles. The van der Waals surface area contributed by atoms with Crippen LogP contribution in [-0.2, 0) is 4.74 Å². The van der Waals surface area contributed by atoms with Gasteiger partial charge in [-0.1, -0.05) is 5.16 Å². The van der Waals surface area contributed by atoms with Gasteiger partial charge in [-0.15, -0.1) is 0 Å². The maximum atomic E-state index is 8.75. The number of nitrogens with two attached hydrogens (primary N) is 1. The van der Waals surface area contributed by atoms with Crippen LogP contribution >= 0.6 is 0 Å². The Morgan fingerprint density at radius 3 is 3.11 bits per heavy atom. The lowest BCUT2D eigenvalue weighted by Crippen LogP contribution is -2.27. The van der Waals surface area contributed by atoms with Crippen LogP contribution in [-0.4, -0.2) is 47.8 Å². The van der Waals surface area contributed by atoms with Gasteiger partial charge in [-0.3, -0.25) is 0 Å². The van der Waals surface area contributed by atoms with E-state index in [1.165, 1.54) is 6.20 Å². The Balaban J connectivity index is 2.19. The largest absolute Gasteiger partial charge is 0.409 e. The van der Waals surface area contributed by atoms with E-state index in [1.54, 1.807) is 13.3 Å². The molecule has 0 radical (unpaired) electrons. The third-order valence-corrected chi connectivity index (χ3v) is 3.02. The second kappa shape index (κ2) is 5.63. The number of amidine groups is 1. The molecule has 0 saturated carbocycles. The predicted octanol–water partition coefficient (Wildman–Crippen LogP) is 0.0438. The zero-order valence-corrected chi connectivity index (χ0v) is 10.3. The van der Waals surface area contributed by atoms with Crippen LogP contribution in [0.5, 0.6) is 0 Å². The van der Waals surface area contributed by atoms with Crippen LogP contribution in [0.15, 0.2) is 17.5 Å². The summed E-state index contributed by atoms with van der Waals surface area (Å²) in [4.78, 5) is 10.5. The Labute approximate surface area is 105 Å². The van der Waals surface area contributed by atoms with Crippen molar-refractivity contribution < 1.29 is 9.94 Å². The Morgan fingerprint density at radius 2 is 2.39 bits per heavy atom. The van der Waals surface area contributed by atoms with Crippen molar-refractivity contribution in [2.24, 2.45) is 16.8 Å². The molecule has 0 bridgehead atoms. The zero-order valence-electron chi connectivity index (χ0n) is 10.3. The summed E-state index contributed by atoms with van der Waals surface area (Å²) in [5, 5.41) is 11.7. The molecule has 1 aromatic heterocycles. The molecular weight excluding hydrogens is 234 g/mol. The number of hydrogen-bond donors (Lipinski definition) is 2. The summed E-state index contributed by atoms with van der Waals surface area (Å²) in [5.41, 5.74) is 6.02. The Morgan fingerprint density at radius 1 is 1.61 bits per heavy atom. The summed E-state index contributed by atoms with van der Waals surface area (Å²) < 4.78 is 5.16. The minimum absolute atomic E-state index is 0.0201. The number of anilines is 1. The molecular formula is C11H17N5O2. The van der Waals surface area contributed by atoms with E-state index < -0.39 is 0 Å². The molecule has 7 heteroatoms. The van der Waals surface area contributed by atoms with Gasteiger partial charge in [-0.25, -0.2) is 9.97 Å². The molecule has 3 N–H and O–H groups in total. The lowest BCUT2D eigenvalue weighted by atomic mass is 10.1. The monoisotopic (exact) mass is 251 g/mol. The van der Waals surface area contributed by atoms with Crippen molar-refractivity contribution in [1.82, 2.24) is 9.97 Å². The first-order valence-corrected chi connectivity index (χ1v) is 5.79. The Bertz CT molecular complexity index is 437. The van der Waals surface area contributed by atoms with Gasteiger partial charge in [-0.2, -0.15) is 0 Å². The van der Waals surface area contributed by atoms with Crippen molar-refractivity contribution in [3.8, 4) is 0 Å². The smallest absolute Gasteiger partial charge is 0.192 e. The van der Waals surface area contributed by atoms with Crippen LogP contribution in [0.3, 0.4) is 0 Å². The zero-order chi connectivity index (χ0) is 13.0. The third kappa shape index (κ3) is 2.51. The third-order valence-electron chi connectivity index (χ3n) is 3.02. The average molecular weight is 251 g/mol. The average Bonchev–Trinajstić information content (AvgIpc) is 2.87. The van der Waals surface area contributed by atoms with Crippen LogP contribution in [0, 0.1) is 5.92 Å². The van der Waals surface area contributed by atoms with Crippen LogP contribution in [0.25, 0.3) is 0 Å². The summed E-state index contributed by atoms with van der Waals surface area (Å²) in [6, 6.07) is 0. The van der Waals surface area contributed by atoms with E-state index in [1.807, 2.05) is 0 Å². The standard InChI is InChI=1S/C11H17N5O2/c1-18-7-8-2-5-16(6-8)11-9(10(12)15-17)13-3-4-14-11/h3-4,8,17H,2,5-7H2,1H3,(H2,12,15). The maximum Gasteiger partial charge on any atom is 0.192 e. The molecule has 1 unspecified atom stereocenters. The van der Waals surface area contributed by atoms with Crippen LogP contribution < -0.4 is 10.6 Å². The Kier molecular flexibility index (Phi) is 3.93. The van der Waals surface area contributed by atoms with Crippen molar-refractivity contribution >= 4 is 11.7 Å². The molecule has 1 saturated heterocycles. The number of oxime groups is 1. The van der Waals surface area contributed by atoms with E-state index in [0.29, 0.717) is 17.4 Å². The van der Waals surface area contributed by atoms with Crippen molar-refractivity contribution in [2.75, 3.05) is 31.7 Å². The quantitative estimate of drug-likeness (QED) is 0.339. The van der Waals surface area contributed by atoms with Crippen LogP contribution in [0.1, 0.15) is 12.1 Å². The SMILES string of the molecule is COCC1CCN(c2nccnc2C(N)=NO)C1. The van der Waals surface area contributed by atoms with Gasteiger partial charge in [0.1, 0.15) is 0 Å². The summed E-state index contributed by atoms with van der Waals surface area (Å²) in [6.45, 7) is 2.45. The normalized spacial score (nSPS) is 20.4. The maximum absolute atomic E-state index is 8.75.